The molecule has 1 N–H and O–H groups in total. The number of benzene rings is 1. The van der Waals surface area contributed by atoms with Crippen molar-refractivity contribution in [2.75, 3.05) is 0 Å². The molecular formula is C20H16Cl2N4OS. The van der Waals surface area contributed by atoms with Crippen molar-refractivity contribution in [3.8, 4) is 5.69 Å². The fraction of sp³-hybridized carbons (Fsp3) is 0.150. The zero-order valence-electron chi connectivity index (χ0n) is 15.4. The van der Waals surface area contributed by atoms with Gasteiger partial charge in [-0.15, -0.1) is 0 Å². The summed E-state index contributed by atoms with van der Waals surface area (Å²) in [6.45, 7) is 5.87. The third-order valence-electron chi connectivity index (χ3n) is 4.62. The average Bonchev–Trinajstić information content (AvgIpc) is 3.13. The molecule has 0 aliphatic carbocycles. The lowest BCUT2D eigenvalue weighted by Crippen LogP contribution is -2.35. The van der Waals surface area contributed by atoms with Gasteiger partial charge in [-0.2, -0.15) is 4.99 Å². The quantitative estimate of drug-likeness (QED) is 0.633. The highest BCUT2D eigenvalue weighted by molar-refractivity contribution is 8.17. The Morgan fingerprint density at radius 3 is 2.61 bits per heavy atom. The zero-order valence-corrected chi connectivity index (χ0v) is 17.7. The lowest BCUT2D eigenvalue weighted by Gasteiger charge is -2.22. The summed E-state index contributed by atoms with van der Waals surface area (Å²) in [7, 11) is 0. The Balaban J connectivity index is 1.78. The molecule has 0 radical (unpaired) electrons. The molecule has 1 aromatic heterocycles. The van der Waals surface area contributed by atoms with E-state index >= 15 is 0 Å². The summed E-state index contributed by atoms with van der Waals surface area (Å²) in [6, 6.07) is 7.43. The molecule has 1 amide bonds. The van der Waals surface area contributed by atoms with Crippen LogP contribution in [-0.4, -0.2) is 26.4 Å². The number of aliphatic imine (C=N–C) groups is 1. The normalized spacial score (nSPS) is 17.9. The Morgan fingerprint density at radius 1 is 1.14 bits per heavy atom. The van der Waals surface area contributed by atoms with E-state index in [-0.39, 0.29) is 11.4 Å². The Labute approximate surface area is 176 Å². The van der Waals surface area contributed by atoms with Gasteiger partial charge in [0.1, 0.15) is 5.84 Å². The molecule has 4 rings (SSSR count). The average molecular weight is 431 g/mol. The van der Waals surface area contributed by atoms with E-state index in [1.807, 2.05) is 43.7 Å². The monoisotopic (exact) mass is 430 g/mol. The summed E-state index contributed by atoms with van der Waals surface area (Å²) in [6.07, 6.45) is 3.55. The molecule has 5 nitrogen and oxygen atoms in total. The lowest BCUT2D eigenvalue weighted by molar-refractivity contribution is -0.114. The zero-order chi connectivity index (χ0) is 20.2. The van der Waals surface area contributed by atoms with Gasteiger partial charge in [0.25, 0.3) is 5.91 Å². The maximum atomic E-state index is 12.5. The summed E-state index contributed by atoms with van der Waals surface area (Å²) in [4.78, 5) is 19.3. The third kappa shape index (κ3) is 3.11. The standard InChI is InChI=1S/C20H16Cl2N4OS/c1-10-6-13(12(3)26(10)14-4-5-16(21)17(22)8-14)7-15-18(23)25-9-11(2)28-20(25)24-19(15)27/h4-9,23H,1-3H3. The summed E-state index contributed by atoms with van der Waals surface area (Å²) >= 11 is 13.6. The van der Waals surface area contributed by atoms with Gasteiger partial charge in [-0.3, -0.25) is 15.1 Å². The number of aryl methyl sites for hydroxylation is 1. The molecule has 28 heavy (non-hydrogen) atoms. The molecule has 8 heteroatoms. The fourth-order valence-corrected chi connectivity index (χ4v) is 4.42. The number of amidine groups is 2. The highest BCUT2D eigenvalue weighted by Crippen LogP contribution is 2.33. The molecule has 1 aromatic carbocycles. The van der Waals surface area contributed by atoms with Crippen molar-refractivity contribution in [1.29, 1.82) is 5.41 Å². The molecule has 3 heterocycles. The van der Waals surface area contributed by atoms with Crippen molar-refractivity contribution in [3.05, 3.63) is 67.9 Å². The minimum absolute atomic E-state index is 0.138. The second kappa shape index (κ2) is 6.95. The second-order valence-corrected chi connectivity index (χ2v) is 8.61. The number of thioether (sulfide) groups is 1. The van der Waals surface area contributed by atoms with Crippen LogP contribution in [0.25, 0.3) is 11.8 Å². The maximum Gasteiger partial charge on any atom is 0.283 e. The van der Waals surface area contributed by atoms with E-state index in [2.05, 4.69) is 4.99 Å². The first-order valence-electron chi connectivity index (χ1n) is 8.50. The minimum atomic E-state index is -0.397. The number of fused-ring (bicyclic) bond motifs is 1. The van der Waals surface area contributed by atoms with E-state index in [0.717, 1.165) is 27.5 Å². The highest BCUT2D eigenvalue weighted by Gasteiger charge is 2.33. The van der Waals surface area contributed by atoms with Crippen LogP contribution in [0.1, 0.15) is 23.9 Å². The Morgan fingerprint density at radius 2 is 1.89 bits per heavy atom. The number of hydrogen-bond acceptors (Lipinski definition) is 3. The number of amides is 1. The summed E-state index contributed by atoms with van der Waals surface area (Å²) in [5.74, 6) is -0.259. The van der Waals surface area contributed by atoms with Crippen molar-refractivity contribution < 1.29 is 4.79 Å². The number of hydrogen-bond donors (Lipinski definition) is 1. The summed E-state index contributed by atoms with van der Waals surface area (Å²) < 4.78 is 2.04. The Bertz CT molecular complexity index is 1140. The SMILES string of the molecule is CC1=CN2C(=N)C(=Cc3cc(C)n(-c4ccc(Cl)c(Cl)c4)c3C)C(=O)N=C2S1. The molecule has 2 aliphatic heterocycles. The maximum absolute atomic E-state index is 12.5. The van der Waals surface area contributed by atoms with Crippen molar-refractivity contribution in [2.24, 2.45) is 4.99 Å². The molecule has 0 saturated heterocycles. The number of aromatic nitrogens is 1. The first kappa shape index (κ1) is 19.1. The van der Waals surface area contributed by atoms with Crippen LogP contribution in [0.3, 0.4) is 0 Å². The van der Waals surface area contributed by atoms with Crippen molar-refractivity contribution in [1.82, 2.24) is 9.47 Å². The van der Waals surface area contributed by atoms with Crippen molar-refractivity contribution >= 4 is 58.0 Å². The number of nitrogens with zero attached hydrogens (tertiary/aromatic N) is 3. The van der Waals surface area contributed by atoms with Gasteiger partial charge in [0, 0.05) is 28.2 Å². The number of halogens is 2. The molecular weight excluding hydrogens is 415 g/mol. The topological polar surface area (TPSA) is 61.5 Å². The molecule has 2 aromatic rings. The first-order chi connectivity index (χ1) is 13.3. The van der Waals surface area contributed by atoms with Gasteiger partial charge in [-0.25, -0.2) is 0 Å². The molecule has 0 saturated carbocycles. The highest BCUT2D eigenvalue weighted by atomic mass is 35.5. The van der Waals surface area contributed by atoms with Gasteiger partial charge >= 0.3 is 0 Å². The lowest BCUT2D eigenvalue weighted by atomic mass is 10.1. The molecule has 142 valence electrons. The fourth-order valence-electron chi connectivity index (χ4n) is 3.31. The second-order valence-electron chi connectivity index (χ2n) is 6.58. The van der Waals surface area contributed by atoms with Crippen molar-refractivity contribution in [2.45, 2.75) is 20.8 Å². The smallest absolute Gasteiger partial charge is 0.283 e. The van der Waals surface area contributed by atoms with Crippen LogP contribution in [0, 0.1) is 19.3 Å². The molecule has 0 fully saturated rings. The van der Waals surface area contributed by atoms with Gasteiger partial charge in [-0.05, 0) is 56.7 Å². The Hall–Kier alpha value is -2.28. The van der Waals surface area contributed by atoms with Crippen LogP contribution in [0.15, 0.2) is 45.9 Å². The molecule has 2 aliphatic rings. The van der Waals surface area contributed by atoms with E-state index in [4.69, 9.17) is 28.6 Å². The summed E-state index contributed by atoms with van der Waals surface area (Å²) in [5.41, 5.74) is 3.91. The largest absolute Gasteiger partial charge is 0.318 e. The predicted molar refractivity (Wildman–Crippen MR) is 117 cm³/mol. The number of rotatable bonds is 2. The van der Waals surface area contributed by atoms with Gasteiger partial charge < -0.3 is 4.57 Å². The van der Waals surface area contributed by atoms with E-state index in [9.17, 15) is 4.79 Å². The summed E-state index contributed by atoms with van der Waals surface area (Å²) in [5, 5.41) is 9.96. The molecule has 0 spiro atoms. The van der Waals surface area contributed by atoms with E-state index in [0.29, 0.717) is 15.2 Å². The van der Waals surface area contributed by atoms with E-state index in [1.165, 1.54) is 11.8 Å². The van der Waals surface area contributed by atoms with E-state index in [1.54, 1.807) is 23.1 Å². The van der Waals surface area contributed by atoms with Gasteiger partial charge in [-0.1, -0.05) is 35.0 Å². The van der Waals surface area contributed by atoms with Crippen LogP contribution in [0.4, 0.5) is 0 Å². The first-order valence-corrected chi connectivity index (χ1v) is 10.1. The van der Waals surface area contributed by atoms with Gasteiger partial charge in [0.15, 0.2) is 5.17 Å². The predicted octanol–water partition coefficient (Wildman–Crippen LogP) is 5.57. The Kier molecular flexibility index (Phi) is 4.73. The van der Waals surface area contributed by atoms with Crippen LogP contribution in [0.5, 0.6) is 0 Å². The number of allylic oxidation sites excluding steroid dienone is 1. The molecule has 0 atom stereocenters. The van der Waals surface area contributed by atoms with Gasteiger partial charge in [0.05, 0.1) is 15.6 Å². The molecule has 0 unspecified atom stereocenters. The number of carbonyl (C=O) groups excluding carboxylic acids is 1. The van der Waals surface area contributed by atoms with Crippen LogP contribution < -0.4 is 0 Å². The van der Waals surface area contributed by atoms with Gasteiger partial charge in [0.2, 0.25) is 0 Å². The number of carbonyl (C=O) groups is 1. The van der Waals surface area contributed by atoms with Crippen molar-refractivity contribution in [3.63, 3.8) is 0 Å². The minimum Gasteiger partial charge on any atom is -0.318 e. The van der Waals surface area contributed by atoms with E-state index < -0.39 is 5.91 Å². The van der Waals surface area contributed by atoms with Crippen LogP contribution in [-0.2, 0) is 4.79 Å². The number of nitrogens with one attached hydrogen (secondary N) is 1. The third-order valence-corrected chi connectivity index (χ3v) is 6.26. The molecule has 0 bridgehead atoms. The van der Waals surface area contributed by atoms with Crippen LogP contribution >= 0.6 is 35.0 Å². The van der Waals surface area contributed by atoms with Crippen LogP contribution in [0.2, 0.25) is 10.0 Å².